The standard InChI is InChI=1S/C13H18O2/c14-11-4-1-8(5-11)6-12-9-2-3-10(7-9)13(12)15/h8-10,12H,1-7H2. The van der Waals surface area contributed by atoms with E-state index in [1.54, 1.807) is 0 Å². The molecule has 82 valence electrons. The predicted octanol–water partition coefficient (Wildman–Crippen LogP) is 2.36. The van der Waals surface area contributed by atoms with Gasteiger partial charge in [0.1, 0.15) is 11.6 Å². The summed E-state index contributed by atoms with van der Waals surface area (Å²) in [5.41, 5.74) is 0. The Morgan fingerprint density at radius 3 is 2.60 bits per heavy atom. The van der Waals surface area contributed by atoms with Crippen molar-refractivity contribution in [1.82, 2.24) is 0 Å². The van der Waals surface area contributed by atoms with Crippen molar-refractivity contribution in [3.05, 3.63) is 0 Å². The number of hydrogen-bond donors (Lipinski definition) is 0. The van der Waals surface area contributed by atoms with E-state index in [0.29, 0.717) is 35.2 Å². The SMILES string of the molecule is O=C1CCC(CC2C(=O)C3CCC2C3)C1. The predicted molar refractivity (Wildman–Crippen MR) is 56.3 cm³/mol. The first kappa shape index (κ1) is 9.56. The molecule has 0 aliphatic heterocycles. The molecule has 0 aromatic carbocycles. The zero-order chi connectivity index (χ0) is 10.4. The van der Waals surface area contributed by atoms with Crippen LogP contribution in [-0.4, -0.2) is 11.6 Å². The molecule has 3 rings (SSSR count). The van der Waals surface area contributed by atoms with Crippen LogP contribution in [-0.2, 0) is 9.59 Å². The topological polar surface area (TPSA) is 34.1 Å². The van der Waals surface area contributed by atoms with Crippen molar-refractivity contribution in [3.8, 4) is 0 Å². The van der Waals surface area contributed by atoms with Gasteiger partial charge in [-0.15, -0.1) is 0 Å². The van der Waals surface area contributed by atoms with Gasteiger partial charge >= 0.3 is 0 Å². The van der Waals surface area contributed by atoms with E-state index in [-0.39, 0.29) is 0 Å². The second-order valence-electron chi connectivity index (χ2n) is 5.66. The van der Waals surface area contributed by atoms with Crippen LogP contribution >= 0.6 is 0 Å². The van der Waals surface area contributed by atoms with Crippen LogP contribution in [0.5, 0.6) is 0 Å². The molecule has 0 spiro atoms. The molecule has 0 heterocycles. The van der Waals surface area contributed by atoms with Crippen LogP contribution in [0, 0.1) is 23.7 Å². The average molecular weight is 206 g/mol. The van der Waals surface area contributed by atoms with Gasteiger partial charge in [-0.25, -0.2) is 0 Å². The van der Waals surface area contributed by atoms with Crippen LogP contribution in [0.4, 0.5) is 0 Å². The second kappa shape index (κ2) is 3.43. The highest BCUT2D eigenvalue weighted by atomic mass is 16.1. The molecule has 0 aromatic heterocycles. The number of hydrogen-bond acceptors (Lipinski definition) is 2. The van der Waals surface area contributed by atoms with E-state index >= 15 is 0 Å². The van der Waals surface area contributed by atoms with Crippen LogP contribution in [0.25, 0.3) is 0 Å². The number of Topliss-reactive ketones (excluding diaryl/α,β-unsaturated/α-hetero) is 2. The third-order valence-corrected chi connectivity index (χ3v) is 4.75. The van der Waals surface area contributed by atoms with Crippen molar-refractivity contribution in [1.29, 1.82) is 0 Å². The van der Waals surface area contributed by atoms with Crippen LogP contribution < -0.4 is 0 Å². The molecule has 3 aliphatic rings. The van der Waals surface area contributed by atoms with E-state index in [1.165, 1.54) is 6.42 Å². The van der Waals surface area contributed by atoms with E-state index < -0.39 is 0 Å². The number of fused-ring (bicyclic) bond motifs is 2. The Labute approximate surface area is 90.4 Å². The largest absolute Gasteiger partial charge is 0.300 e. The Morgan fingerprint density at radius 1 is 1.13 bits per heavy atom. The quantitative estimate of drug-likeness (QED) is 0.695. The van der Waals surface area contributed by atoms with Crippen LogP contribution in [0.3, 0.4) is 0 Å². The Morgan fingerprint density at radius 2 is 2.00 bits per heavy atom. The van der Waals surface area contributed by atoms with Crippen LogP contribution in [0.2, 0.25) is 0 Å². The average Bonchev–Trinajstić information content (AvgIpc) is 2.86. The zero-order valence-electron chi connectivity index (χ0n) is 9.08. The van der Waals surface area contributed by atoms with Crippen molar-refractivity contribution in [2.75, 3.05) is 0 Å². The Balaban J connectivity index is 1.64. The highest BCUT2D eigenvalue weighted by molar-refractivity contribution is 5.87. The van der Waals surface area contributed by atoms with E-state index in [9.17, 15) is 9.59 Å². The zero-order valence-corrected chi connectivity index (χ0v) is 9.08. The molecule has 4 atom stereocenters. The summed E-state index contributed by atoms with van der Waals surface area (Å²) < 4.78 is 0. The van der Waals surface area contributed by atoms with Crippen molar-refractivity contribution in [2.24, 2.45) is 23.7 Å². The van der Waals surface area contributed by atoms with Gasteiger partial charge in [0, 0.05) is 24.7 Å². The molecule has 0 saturated heterocycles. The lowest BCUT2D eigenvalue weighted by Crippen LogP contribution is -2.24. The molecule has 4 unspecified atom stereocenters. The maximum Gasteiger partial charge on any atom is 0.139 e. The number of carbonyl (C=O) groups is 2. The van der Waals surface area contributed by atoms with Crippen LogP contribution in [0.15, 0.2) is 0 Å². The molecule has 2 nitrogen and oxygen atoms in total. The molecule has 0 amide bonds. The van der Waals surface area contributed by atoms with Gasteiger partial charge in [-0.2, -0.15) is 0 Å². The van der Waals surface area contributed by atoms with E-state index in [2.05, 4.69) is 0 Å². The minimum Gasteiger partial charge on any atom is -0.300 e. The normalized spacial score (nSPS) is 44.3. The number of carbonyl (C=O) groups excluding carboxylic acids is 2. The third kappa shape index (κ3) is 1.54. The summed E-state index contributed by atoms with van der Waals surface area (Å²) in [5, 5.41) is 0. The van der Waals surface area contributed by atoms with Crippen molar-refractivity contribution in [3.63, 3.8) is 0 Å². The molecule has 3 aliphatic carbocycles. The summed E-state index contributed by atoms with van der Waals surface area (Å²) in [6.07, 6.45) is 7.14. The van der Waals surface area contributed by atoms with Gasteiger partial charge in [-0.1, -0.05) is 0 Å². The van der Waals surface area contributed by atoms with Crippen molar-refractivity contribution >= 4 is 11.6 Å². The number of rotatable bonds is 2. The first-order valence-corrected chi connectivity index (χ1v) is 6.29. The third-order valence-electron chi connectivity index (χ3n) is 4.75. The van der Waals surface area contributed by atoms with E-state index in [4.69, 9.17) is 0 Å². The van der Waals surface area contributed by atoms with Gasteiger partial charge in [0.05, 0.1) is 0 Å². The first-order valence-electron chi connectivity index (χ1n) is 6.29. The fourth-order valence-electron chi connectivity index (χ4n) is 3.94. The van der Waals surface area contributed by atoms with Crippen LogP contribution in [0.1, 0.15) is 44.9 Å². The van der Waals surface area contributed by atoms with Gasteiger partial charge in [-0.05, 0) is 43.9 Å². The molecular formula is C13H18O2. The first-order chi connectivity index (χ1) is 7.24. The fourth-order valence-corrected chi connectivity index (χ4v) is 3.94. The van der Waals surface area contributed by atoms with Gasteiger partial charge < -0.3 is 0 Å². The van der Waals surface area contributed by atoms with E-state index in [1.807, 2.05) is 0 Å². The smallest absolute Gasteiger partial charge is 0.139 e. The summed E-state index contributed by atoms with van der Waals surface area (Å²) in [6, 6.07) is 0. The molecule has 0 N–H and O–H groups in total. The summed E-state index contributed by atoms with van der Waals surface area (Å²) >= 11 is 0. The minimum absolute atomic E-state index is 0.333. The van der Waals surface area contributed by atoms with Gasteiger partial charge in [0.15, 0.2) is 0 Å². The fraction of sp³-hybridized carbons (Fsp3) is 0.846. The molecule has 0 radical (unpaired) electrons. The lowest BCUT2D eigenvalue weighted by molar-refractivity contribution is -0.126. The molecule has 0 aromatic rings. The Bertz CT molecular complexity index is 308. The lowest BCUT2D eigenvalue weighted by Gasteiger charge is -2.22. The molecule has 3 fully saturated rings. The molecular weight excluding hydrogens is 188 g/mol. The molecule has 2 bridgehead atoms. The van der Waals surface area contributed by atoms with Gasteiger partial charge in [0.25, 0.3) is 0 Å². The van der Waals surface area contributed by atoms with E-state index in [0.717, 1.165) is 38.5 Å². The Hall–Kier alpha value is -0.660. The highest BCUT2D eigenvalue weighted by Gasteiger charge is 2.47. The van der Waals surface area contributed by atoms with Gasteiger partial charge in [-0.3, -0.25) is 9.59 Å². The molecule has 15 heavy (non-hydrogen) atoms. The summed E-state index contributed by atoms with van der Waals surface area (Å²) in [5.74, 6) is 2.89. The highest BCUT2D eigenvalue weighted by Crippen LogP contribution is 2.49. The van der Waals surface area contributed by atoms with Gasteiger partial charge in [0.2, 0.25) is 0 Å². The number of ketones is 2. The monoisotopic (exact) mass is 206 g/mol. The van der Waals surface area contributed by atoms with Crippen molar-refractivity contribution < 1.29 is 9.59 Å². The lowest BCUT2D eigenvalue weighted by atomic mass is 9.81. The summed E-state index contributed by atoms with van der Waals surface area (Å²) in [4.78, 5) is 23.1. The molecule has 3 saturated carbocycles. The maximum absolute atomic E-state index is 12.0. The summed E-state index contributed by atoms with van der Waals surface area (Å²) in [6.45, 7) is 0. The second-order valence-corrected chi connectivity index (χ2v) is 5.66. The van der Waals surface area contributed by atoms with Crippen molar-refractivity contribution in [2.45, 2.75) is 44.9 Å². The Kier molecular flexibility index (Phi) is 2.18. The molecule has 2 heteroatoms. The maximum atomic E-state index is 12.0. The summed E-state index contributed by atoms with van der Waals surface area (Å²) in [7, 11) is 0. The minimum atomic E-state index is 0.333.